The minimum absolute atomic E-state index is 0.269. The highest BCUT2D eigenvalue weighted by atomic mass is 16.5. The molecule has 4 rings (SSSR count). The van der Waals surface area contributed by atoms with Gasteiger partial charge in [-0.2, -0.15) is 0 Å². The molecule has 0 aliphatic rings. The number of carbonyl (C=O) groups excluding carboxylic acids is 1. The van der Waals surface area contributed by atoms with E-state index in [9.17, 15) is 4.79 Å². The Hall–Kier alpha value is -3.87. The van der Waals surface area contributed by atoms with Crippen LogP contribution in [0, 0.1) is 13.8 Å². The number of furan rings is 1. The normalized spacial score (nSPS) is 10.8. The SMILES string of the molecule is CCOC(=O)c1c(C)oc2ncnc(Nc3ccc(OCc4cccc(C)c4)cc3)c12. The van der Waals surface area contributed by atoms with Crippen molar-refractivity contribution >= 4 is 28.6 Å². The zero-order chi connectivity index (χ0) is 21.8. The third-order valence-corrected chi connectivity index (χ3v) is 4.75. The van der Waals surface area contributed by atoms with Gasteiger partial charge < -0.3 is 19.2 Å². The summed E-state index contributed by atoms with van der Waals surface area (Å²) in [7, 11) is 0. The summed E-state index contributed by atoms with van der Waals surface area (Å²) in [5, 5.41) is 3.73. The third-order valence-electron chi connectivity index (χ3n) is 4.75. The number of benzene rings is 2. The second-order valence-electron chi connectivity index (χ2n) is 7.08. The fraction of sp³-hybridized carbons (Fsp3) is 0.208. The summed E-state index contributed by atoms with van der Waals surface area (Å²) in [6, 6.07) is 15.7. The van der Waals surface area contributed by atoms with Gasteiger partial charge in [-0.1, -0.05) is 29.8 Å². The van der Waals surface area contributed by atoms with Crippen LogP contribution >= 0.6 is 0 Å². The van der Waals surface area contributed by atoms with E-state index in [0.29, 0.717) is 34.8 Å². The number of rotatable bonds is 7. The van der Waals surface area contributed by atoms with Crippen molar-refractivity contribution in [3.63, 3.8) is 0 Å². The summed E-state index contributed by atoms with van der Waals surface area (Å²) in [5.74, 6) is 1.21. The van der Waals surface area contributed by atoms with Crippen LogP contribution in [0.3, 0.4) is 0 Å². The molecule has 0 radical (unpaired) electrons. The smallest absolute Gasteiger partial charge is 0.342 e. The molecule has 2 heterocycles. The lowest BCUT2D eigenvalue weighted by Crippen LogP contribution is -2.06. The maximum absolute atomic E-state index is 12.4. The number of carbonyl (C=O) groups is 1. The van der Waals surface area contributed by atoms with Gasteiger partial charge in [-0.05, 0) is 50.6 Å². The van der Waals surface area contributed by atoms with Gasteiger partial charge in [0.1, 0.15) is 35.8 Å². The Morgan fingerprint density at radius 3 is 2.65 bits per heavy atom. The van der Waals surface area contributed by atoms with Gasteiger partial charge in [0, 0.05) is 5.69 Å². The van der Waals surface area contributed by atoms with Crippen molar-refractivity contribution in [3.05, 3.63) is 77.3 Å². The molecule has 0 fully saturated rings. The zero-order valence-corrected chi connectivity index (χ0v) is 17.6. The molecule has 7 nitrogen and oxygen atoms in total. The van der Waals surface area contributed by atoms with Gasteiger partial charge >= 0.3 is 5.97 Å². The molecule has 0 spiro atoms. The summed E-state index contributed by atoms with van der Waals surface area (Å²) in [4.78, 5) is 20.9. The van der Waals surface area contributed by atoms with Gasteiger partial charge in [0.05, 0.1) is 12.0 Å². The standard InChI is InChI=1S/C24H23N3O4/c1-4-29-24(28)20-16(3)31-23-21(20)22(25-14-26-23)27-18-8-10-19(11-9-18)30-13-17-7-5-6-15(2)12-17/h5-12,14H,4,13H2,1-3H3,(H,25,26,27). The number of nitrogens with zero attached hydrogens (tertiary/aromatic N) is 2. The molecule has 0 saturated heterocycles. The van der Waals surface area contributed by atoms with Gasteiger partial charge in [-0.15, -0.1) is 0 Å². The number of ether oxygens (including phenoxy) is 2. The Kier molecular flexibility index (Phi) is 5.84. The summed E-state index contributed by atoms with van der Waals surface area (Å²) < 4.78 is 16.7. The average molecular weight is 417 g/mol. The lowest BCUT2D eigenvalue weighted by Gasteiger charge is -2.10. The van der Waals surface area contributed by atoms with Crippen molar-refractivity contribution in [1.29, 1.82) is 0 Å². The topological polar surface area (TPSA) is 86.5 Å². The Morgan fingerprint density at radius 2 is 1.90 bits per heavy atom. The molecule has 0 aliphatic carbocycles. The van der Waals surface area contributed by atoms with Crippen LogP contribution < -0.4 is 10.1 Å². The molecule has 0 atom stereocenters. The largest absolute Gasteiger partial charge is 0.489 e. The van der Waals surface area contributed by atoms with Crippen LogP contribution in [-0.2, 0) is 11.3 Å². The first-order valence-electron chi connectivity index (χ1n) is 10.0. The van der Waals surface area contributed by atoms with Crippen LogP contribution in [0.5, 0.6) is 5.75 Å². The number of aryl methyl sites for hydroxylation is 2. The molecule has 2 aromatic heterocycles. The lowest BCUT2D eigenvalue weighted by molar-refractivity contribution is 0.0526. The second-order valence-corrected chi connectivity index (χ2v) is 7.08. The number of anilines is 2. The Labute approximate surface area is 180 Å². The highest BCUT2D eigenvalue weighted by Gasteiger charge is 2.23. The van der Waals surface area contributed by atoms with Gasteiger partial charge in [-0.25, -0.2) is 14.8 Å². The number of esters is 1. The van der Waals surface area contributed by atoms with Crippen LogP contribution in [0.15, 0.2) is 59.3 Å². The Bertz CT molecular complexity index is 1220. The molecule has 0 unspecified atom stereocenters. The predicted molar refractivity (Wildman–Crippen MR) is 118 cm³/mol. The van der Waals surface area contributed by atoms with Gasteiger partial charge in [0.15, 0.2) is 0 Å². The third kappa shape index (κ3) is 4.50. The summed E-state index contributed by atoms with van der Waals surface area (Å²) >= 11 is 0. The molecule has 2 aromatic carbocycles. The molecule has 4 aromatic rings. The molecular formula is C24H23N3O4. The summed E-state index contributed by atoms with van der Waals surface area (Å²) in [5.41, 5.74) is 3.77. The van der Waals surface area contributed by atoms with Gasteiger partial charge in [0.25, 0.3) is 0 Å². The number of hydrogen-bond acceptors (Lipinski definition) is 7. The van der Waals surface area contributed by atoms with E-state index in [1.54, 1.807) is 13.8 Å². The molecule has 1 N–H and O–H groups in total. The van der Waals surface area contributed by atoms with Crippen molar-refractivity contribution < 1.29 is 18.7 Å². The Balaban J connectivity index is 1.53. The highest BCUT2D eigenvalue weighted by molar-refractivity contribution is 6.08. The zero-order valence-electron chi connectivity index (χ0n) is 17.6. The molecule has 0 bridgehead atoms. The van der Waals surface area contributed by atoms with Crippen molar-refractivity contribution in [2.24, 2.45) is 0 Å². The summed E-state index contributed by atoms with van der Waals surface area (Å²) in [6.07, 6.45) is 1.39. The Morgan fingerprint density at radius 1 is 1.10 bits per heavy atom. The number of hydrogen-bond donors (Lipinski definition) is 1. The number of nitrogens with one attached hydrogen (secondary N) is 1. The van der Waals surface area contributed by atoms with E-state index in [-0.39, 0.29) is 6.61 Å². The van der Waals surface area contributed by atoms with E-state index in [1.165, 1.54) is 11.9 Å². The van der Waals surface area contributed by atoms with E-state index in [1.807, 2.05) is 36.4 Å². The first-order chi connectivity index (χ1) is 15.0. The van der Waals surface area contributed by atoms with E-state index in [2.05, 4.69) is 34.3 Å². The van der Waals surface area contributed by atoms with E-state index in [0.717, 1.165) is 17.0 Å². The van der Waals surface area contributed by atoms with Crippen LogP contribution in [-0.4, -0.2) is 22.5 Å². The lowest BCUT2D eigenvalue weighted by atomic mass is 10.1. The van der Waals surface area contributed by atoms with Crippen LogP contribution in [0.25, 0.3) is 11.1 Å². The fourth-order valence-corrected chi connectivity index (χ4v) is 3.33. The minimum atomic E-state index is -0.462. The minimum Gasteiger partial charge on any atom is -0.489 e. The quantitative estimate of drug-likeness (QED) is 0.406. The second kappa shape index (κ2) is 8.87. The van der Waals surface area contributed by atoms with E-state index in [4.69, 9.17) is 13.9 Å². The van der Waals surface area contributed by atoms with Crippen molar-refractivity contribution in [3.8, 4) is 5.75 Å². The summed E-state index contributed by atoms with van der Waals surface area (Å²) in [6.45, 7) is 6.29. The maximum atomic E-state index is 12.4. The predicted octanol–water partition coefficient (Wildman–Crippen LogP) is 5.34. The molecule has 0 amide bonds. The molecule has 158 valence electrons. The number of fused-ring (bicyclic) bond motifs is 1. The van der Waals surface area contributed by atoms with Gasteiger partial charge in [-0.3, -0.25) is 0 Å². The van der Waals surface area contributed by atoms with E-state index < -0.39 is 5.97 Å². The maximum Gasteiger partial charge on any atom is 0.342 e. The average Bonchev–Trinajstić information content (AvgIpc) is 3.10. The van der Waals surface area contributed by atoms with Crippen molar-refractivity contribution in [2.45, 2.75) is 27.4 Å². The van der Waals surface area contributed by atoms with Crippen molar-refractivity contribution in [2.75, 3.05) is 11.9 Å². The molecule has 0 aliphatic heterocycles. The van der Waals surface area contributed by atoms with Gasteiger partial charge in [0.2, 0.25) is 5.71 Å². The van der Waals surface area contributed by atoms with Crippen molar-refractivity contribution in [1.82, 2.24) is 9.97 Å². The van der Waals surface area contributed by atoms with E-state index >= 15 is 0 Å². The first-order valence-corrected chi connectivity index (χ1v) is 10.0. The first kappa shape index (κ1) is 20.4. The molecular weight excluding hydrogens is 394 g/mol. The molecule has 0 saturated carbocycles. The van der Waals surface area contributed by atoms with Crippen LogP contribution in [0.2, 0.25) is 0 Å². The fourth-order valence-electron chi connectivity index (χ4n) is 3.33. The van der Waals surface area contributed by atoms with Crippen LogP contribution in [0.4, 0.5) is 11.5 Å². The molecule has 7 heteroatoms. The van der Waals surface area contributed by atoms with Crippen LogP contribution in [0.1, 0.15) is 34.2 Å². The highest BCUT2D eigenvalue weighted by Crippen LogP contribution is 2.31. The number of aromatic nitrogens is 2. The molecule has 31 heavy (non-hydrogen) atoms. The monoisotopic (exact) mass is 417 g/mol.